The second kappa shape index (κ2) is 6.48. The highest BCUT2D eigenvalue weighted by Gasteiger charge is 2.30. The smallest absolute Gasteiger partial charge is 0.294 e. The molecule has 8 heteroatoms. The lowest BCUT2D eigenvalue weighted by Crippen LogP contribution is -2.07. The molecule has 0 radical (unpaired) electrons. The Balaban J connectivity index is 1.72. The summed E-state index contributed by atoms with van der Waals surface area (Å²) in [6.45, 7) is 0. The van der Waals surface area contributed by atoms with Crippen LogP contribution in [0.3, 0.4) is 0 Å². The molecule has 3 aromatic rings. The molecule has 1 aromatic carbocycles. The van der Waals surface area contributed by atoms with E-state index < -0.39 is 11.7 Å². The lowest BCUT2D eigenvalue weighted by atomic mass is 10.1. The van der Waals surface area contributed by atoms with Crippen molar-refractivity contribution in [3.05, 3.63) is 64.8 Å². The summed E-state index contributed by atoms with van der Waals surface area (Å²) in [4.78, 5) is 20.5. The Morgan fingerprint density at radius 3 is 2.46 bits per heavy atom. The van der Waals surface area contributed by atoms with Gasteiger partial charge in [-0.2, -0.15) is 17.5 Å². The molecule has 0 bridgehead atoms. The molecule has 0 unspecified atom stereocenters. The number of Topliss-reactive ketones (excluding diaryl/α,β-unsaturated/α-hetero) is 1. The molecule has 0 spiro atoms. The van der Waals surface area contributed by atoms with Gasteiger partial charge in [-0.15, -0.1) is 0 Å². The van der Waals surface area contributed by atoms with Crippen LogP contribution < -0.4 is 0 Å². The molecule has 2 heterocycles. The number of aromatic nitrogens is 3. The first-order valence-corrected chi connectivity index (χ1v) is 7.65. The number of alkyl halides is 3. The number of hydrogen-bond donors (Lipinski definition) is 0. The number of hydrogen-bond acceptors (Lipinski definition) is 5. The largest absolute Gasteiger partial charge is 0.416 e. The number of carbonyl (C=O) groups excluding carboxylic acids is 1. The van der Waals surface area contributed by atoms with Gasteiger partial charge in [0, 0.05) is 11.8 Å². The van der Waals surface area contributed by atoms with E-state index in [0.29, 0.717) is 16.5 Å². The zero-order valence-electron chi connectivity index (χ0n) is 12.1. The Morgan fingerprint density at radius 1 is 1.08 bits per heavy atom. The van der Waals surface area contributed by atoms with E-state index in [0.717, 1.165) is 23.7 Å². The van der Waals surface area contributed by atoms with Gasteiger partial charge in [-0.1, -0.05) is 18.2 Å². The van der Waals surface area contributed by atoms with Crippen molar-refractivity contribution in [3.63, 3.8) is 0 Å². The summed E-state index contributed by atoms with van der Waals surface area (Å²) in [6.07, 6.45) is -2.82. The van der Waals surface area contributed by atoms with Crippen LogP contribution in [0.4, 0.5) is 13.2 Å². The SMILES string of the molecule is O=C(Cc1nc(-c2ccccn2)ns1)c1ccc(C(F)(F)F)cc1. The summed E-state index contributed by atoms with van der Waals surface area (Å²) >= 11 is 1.07. The monoisotopic (exact) mass is 349 g/mol. The van der Waals surface area contributed by atoms with Gasteiger partial charge in [0.25, 0.3) is 0 Å². The third kappa shape index (κ3) is 3.65. The van der Waals surface area contributed by atoms with Crippen molar-refractivity contribution in [2.75, 3.05) is 0 Å². The highest BCUT2D eigenvalue weighted by Crippen LogP contribution is 2.29. The molecule has 0 saturated carbocycles. The standard InChI is InChI=1S/C16H10F3N3OS/c17-16(18,19)11-6-4-10(5-7-11)13(23)9-14-21-15(22-24-14)12-3-1-2-8-20-12/h1-8H,9H2. The zero-order valence-corrected chi connectivity index (χ0v) is 12.9. The van der Waals surface area contributed by atoms with Crippen LogP contribution >= 0.6 is 11.5 Å². The lowest BCUT2D eigenvalue weighted by molar-refractivity contribution is -0.137. The summed E-state index contributed by atoms with van der Waals surface area (Å²) in [7, 11) is 0. The molecule has 0 N–H and O–H groups in total. The Kier molecular flexibility index (Phi) is 4.39. The molecule has 2 aromatic heterocycles. The fraction of sp³-hybridized carbons (Fsp3) is 0.125. The number of rotatable bonds is 4. The average molecular weight is 349 g/mol. The van der Waals surface area contributed by atoms with Crippen LogP contribution in [-0.2, 0) is 12.6 Å². The molecular weight excluding hydrogens is 339 g/mol. The minimum Gasteiger partial charge on any atom is -0.294 e. The molecule has 0 aliphatic carbocycles. The van der Waals surface area contributed by atoms with Gasteiger partial charge in [-0.05, 0) is 35.8 Å². The van der Waals surface area contributed by atoms with Gasteiger partial charge in [0.05, 0.1) is 12.0 Å². The highest BCUT2D eigenvalue weighted by atomic mass is 32.1. The Labute approximate surface area is 139 Å². The third-order valence-corrected chi connectivity index (χ3v) is 3.92. The van der Waals surface area contributed by atoms with Gasteiger partial charge in [0.2, 0.25) is 0 Å². The molecule has 4 nitrogen and oxygen atoms in total. The normalized spacial score (nSPS) is 11.5. The summed E-state index contributed by atoms with van der Waals surface area (Å²) in [6, 6.07) is 9.46. The van der Waals surface area contributed by atoms with Crippen LogP contribution in [0.1, 0.15) is 20.9 Å². The van der Waals surface area contributed by atoms with E-state index in [1.165, 1.54) is 12.1 Å². The third-order valence-electron chi connectivity index (χ3n) is 3.21. The van der Waals surface area contributed by atoms with Gasteiger partial charge < -0.3 is 0 Å². The number of benzene rings is 1. The van der Waals surface area contributed by atoms with E-state index >= 15 is 0 Å². The second-order valence-electron chi connectivity index (χ2n) is 4.90. The molecule has 0 atom stereocenters. The number of ketones is 1. The lowest BCUT2D eigenvalue weighted by Gasteiger charge is -2.06. The van der Waals surface area contributed by atoms with Crippen molar-refractivity contribution < 1.29 is 18.0 Å². The van der Waals surface area contributed by atoms with Crippen LogP contribution in [0.5, 0.6) is 0 Å². The molecule has 0 aliphatic rings. The van der Waals surface area contributed by atoms with Crippen molar-refractivity contribution in [2.24, 2.45) is 0 Å². The first-order chi connectivity index (χ1) is 11.4. The van der Waals surface area contributed by atoms with Gasteiger partial charge >= 0.3 is 6.18 Å². The Hall–Kier alpha value is -2.61. The summed E-state index contributed by atoms with van der Waals surface area (Å²) in [5.41, 5.74) is 0.0203. The Bertz CT molecular complexity index is 845. The van der Waals surface area contributed by atoms with E-state index in [9.17, 15) is 18.0 Å². The van der Waals surface area contributed by atoms with Gasteiger partial charge in [0.15, 0.2) is 11.6 Å². The summed E-state index contributed by atoms with van der Waals surface area (Å²) in [5, 5.41) is 0.487. The molecular formula is C16H10F3N3OS. The van der Waals surface area contributed by atoms with E-state index in [-0.39, 0.29) is 17.8 Å². The fourth-order valence-electron chi connectivity index (χ4n) is 2.01. The molecule has 3 rings (SSSR count). The number of nitrogens with zero attached hydrogens (tertiary/aromatic N) is 3. The average Bonchev–Trinajstić information content (AvgIpc) is 3.03. The molecule has 0 amide bonds. The molecule has 122 valence electrons. The quantitative estimate of drug-likeness (QED) is 0.667. The fourth-order valence-corrected chi connectivity index (χ4v) is 2.66. The van der Waals surface area contributed by atoms with Crippen LogP contribution in [0, 0.1) is 0 Å². The number of pyridine rings is 1. The van der Waals surface area contributed by atoms with Crippen molar-refractivity contribution in [1.82, 2.24) is 14.3 Å². The van der Waals surface area contributed by atoms with Crippen LogP contribution in [-0.4, -0.2) is 20.1 Å². The minimum atomic E-state index is -4.42. The maximum atomic E-state index is 12.5. The zero-order chi connectivity index (χ0) is 17.2. The van der Waals surface area contributed by atoms with Crippen LogP contribution in [0.15, 0.2) is 48.7 Å². The highest BCUT2D eigenvalue weighted by molar-refractivity contribution is 7.05. The van der Waals surface area contributed by atoms with Crippen molar-refractivity contribution >= 4 is 17.3 Å². The van der Waals surface area contributed by atoms with E-state index in [1.54, 1.807) is 24.4 Å². The van der Waals surface area contributed by atoms with E-state index in [4.69, 9.17) is 0 Å². The van der Waals surface area contributed by atoms with Crippen molar-refractivity contribution in [2.45, 2.75) is 12.6 Å². The summed E-state index contributed by atoms with van der Waals surface area (Å²) < 4.78 is 41.7. The molecule has 0 aliphatic heterocycles. The van der Waals surface area contributed by atoms with Gasteiger partial charge in [-0.25, -0.2) is 4.98 Å². The van der Waals surface area contributed by atoms with Gasteiger partial charge in [0.1, 0.15) is 10.7 Å². The number of carbonyl (C=O) groups is 1. The maximum Gasteiger partial charge on any atom is 0.416 e. The number of halogens is 3. The van der Waals surface area contributed by atoms with Crippen LogP contribution in [0.25, 0.3) is 11.5 Å². The van der Waals surface area contributed by atoms with E-state index in [2.05, 4.69) is 14.3 Å². The predicted molar refractivity (Wildman–Crippen MR) is 82.6 cm³/mol. The predicted octanol–water partition coefficient (Wildman–Crippen LogP) is 4.04. The molecule has 24 heavy (non-hydrogen) atoms. The maximum absolute atomic E-state index is 12.5. The molecule has 0 saturated heterocycles. The van der Waals surface area contributed by atoms with Crippen LogP contribution in [0.2, 0.25) is 0 Å². The van der Waals surface area contributed by atoms with Crippen molar-refractivity contribution in [3.8, 4) is 11.5 Å². The van der Waals surface area contributed by atoms with E-state index in [1.807, 2.05) is 0 Å². The minimum absolute atomic E-state index is 0.0180. The van der Waals surface area contributed by atoms with Gasteiger partial charge in [-0.3, -0.25) is 9.78 Å². The Morgan fingerprint density at radius 2 is 1.83 bits per heavy atom. The molecule has 0 fully saturated rings. The first-order valence-electron chi connectivity index (χ1n) is 6.88. The topological polar surface area (TPSA) is 55.7 Å². The second-order valence-corrected chi connectivity index (χ2v) is 5.74. The summed E-state index contributed by atoms with van der Waals surface area (Å²) in [5.74, 6) is 0.114. The van der Waals surface area contributed by atoms with Crippen molar-refractivity contribution in [1.29, 1.82) is 0 Å². The first kappa shape index (κ1) is 16.3.